The van der Waals surface area contributed by atoms with Crippen molar-refractivity contribution >= 4 is 22.9 Å². The number of benzene rings is 1. The molecular formula is C12H17N3OS. The normalized spacial score (nSPS) is 16.8. The summed E-state index contributed by atoms with van der Waals surface area (Å²) in [6.45, 7) is 5.28. The Morgan fingerprint density at radius 1 is 1.41 bits per heavy atom. The molecule has 1 aliphatic rings. The molecule has 0 atom stereocenters. The van der Waals surface area contributed by atoms with Gasteiger partial charge >= 0.3 is 0 Å². The van der Waals surface area contributed by atoms with E-state index >= 15 is 0 Å². The summed E-state index contributed by atoms with van der Waals surface area (Å²) >= 11 is 5.06. The van der Waals surface area contributed by atoms with E-state index in [1.807, 2.05) is 19.1 Å². The van der Waals surface area contributed by atoms with Gasteiger partial charge < -0.3 is 15.9 Å². The maximum atomic E-state index is 5.72. The van der Waals surface area contributed by atoms with Crippen LogP contribution in [0.2, 0.25) is 0 Å². The summed E-state index contributed by atoms with van der Waals surface area (Å²) in [5.74, 6) is 0. The molecule has 1 saturated heterocycles. The molecule has 1 heterocycles. The number of nitrogens with one attached hydrogen (secondary N) is 1. The quantitative estimate of drug-likeness (QED) is 0.793. The summed E-state index contributed by atoms with van der Waals surface area (Å²) in [5.41, 5.74) is 12.1. The van der Waals surface area contributed by atoms with Gasteiger partial charge in [0.25, 0.3) is 0 Å². The van der Waals surface area contributed by atoms with Crippen LogP contribution in [0.3, 0.4) is 0 Å². The topological polar surface area (TPSA) is 50.5 Å². The number of hydrogen-bond donors (Lipinski definition) is 2. The Kier molecular flexibility index (Phi) is 3.93. The lowest BCUT2D eigenvalue weighted by Gasteiger charge is -2.29. The van der Waals surface area contributed by atoms with E-state index in [0.29, 0.717) is 4.99 Å². The zero-order valence-electron chi connectivity index (χ0n) is 9.90. The van der Waals surface area contributed by atoms with Crippen molar-refractivity contribution in [2.75, 3.05) is 31.7 Å². The number of thiocarbonyl (C=S) groups is 1. The van der Waals surface area contributed by atoms with Crippen molar-refractivity contribution in [1.82, 2.24) is 5.01 Å². The molecule has 3 N–H and O–H groups in total. The Bertz CT molecular complexity index is 416. The molecule has 1 aliphatic heterocycles. The molecule has 0 amide bonds. The van der Waals surface area contributed by atoms with Crippen molar-refractivity contribution in [3.63, 3.8) is 0 Å². The fourth-order valence-electron chi connectivity index (χ4n) is 1.81. The van der Waals surface area contributed by atoms with Crippen molar-refractivity contribution in [2.45, 2.75) is 6.92 Å². The Morgan fingerprint density at radius 3 is 2.76 bits per heavy atom. The van der Waals surface area contributed by atoms with E-state index in [-0.39, 0.29) is 0 Å². The van der Waals surface area contributed by atoms with Crippen LogP contribution < -0.4 is 11.2 Å². The summed E-state index contributed by atoms with van der Waals surface area (Å²) < 4.78 is 5.31. The zero-order chi connectivity index (χ0) is 12.3. The maximum Gasteiger partial charge on any atom is 0.106 e. The second-order valence-corrected chi connectivity index (χ2v) is 4.56. The van der Waals surface area contributed by atoms with E-state index in [1.165, 1.54) is 5.56 Å². The lowest BCUT2D eigenvalue weighted by atomic mass is 10.1. The Labute approximate surface area is 107 Å². The van der Waals surface area contributed by atoms with Crippen LogP contribution in [0.4, 0.5) is 5.69 Å². The first-order valence-corrected chi connectivity index (χ1v) is 6.07. The monoisotopic (exact) mass is 251 g/mol. The highest BCUT2D eigenvalue weighted by atomic mass is 32.1. The van der Waals surface area contributed by atoms with Gasteiger partial charge in [-0.25, -0.2) is 5.01 Å². The molecule has 0 aliphatic carbocycles. The molecule has 0 radical (unpaired) electrons. The lowest BCUT2D eigenvalue weighted by molar-refractivity contribution is 0.0497. The van der Waals surface area contributed by atoms with Crippen molar-refractivity contribution < 1.29 is 4.74 Å². The molecule has 0 saturated carbocycles. The molecule has 1 aromatic carbocycles. The number of hydrogen-bond acceptors (Lipinski definition) is 4. The first kappa shape index (κ1) is 12.3. The first-order valence-electron chi connectivity index (χ1n) is 5.66. The molecule has 4 nitrogen and oxygen atoms in total. The second-order valence-electron chi connectivity index (χ2n) is 4.12. The second kappa shape index (κ2) is 5.44. The maximum absolute atomic E-state index is 5.72. The Balaban J connectivity index is 2.17. The van der Waals surface area contributed by atoms with E-state index < -0.39 is 0 Å². The van der Waals surface area contributed by atoms with Crippen molar-refractivity contribution in [1.29, 1.82) is 0 Å². The van der Waals surface area contributed by atoms with Crippen LogP contribution >= 0.6 is 12.2 Å². The summed E-state index contributed by atoms with van der Waals surface area (Å²) in [5, 5.41) is 2.13. The molecule has 0 unspecified atom stereocenters. The average molecular weight is 251 g/mol. The molecule has 2 rings (SSSR count). The number of hydrazine groups is 1. The molecule has 0 aromatic heterocycles. The first-order chi connectivity index (χ1) is 8.16. The third kappa shape index (κ3) is 3.15. The zero-order valence-corrected chi connectivity index (χ0v) is 10.7. The summed E-state index contributed by atoms with van der Waals surface area (Å²) in [4.78, 5) is 0.417. The van der Waals surface area contributed by atoms with Crippen LogP contribution in [0.25, 0.3) is 0 Å². The van der Waals surface area contributed by atoms with Gasteiger partial charge in [0.2, 0.25) is 0 Å². The van der Waals surface area contributed by atoms with Gasteiger partial charge in [-0.2, -0.15) is 0 Å². The van der Waals surface area contributed by atoms with E-state index in [4.69, 9.17) is 22.7 Å². The molecule has 92 valence electrons. The Morgan fingerprint density at radius 2 is 2.12 bits per heavy atom. The molecular weight excluding hydrogens is 234 g/mol. The Hall–Kier alpha value is -1.17. The van der Waals surface area contributed by atoms with E-state index in [9.17, 15) is 0 Å². The third-order valence-electron chi connectivity index (χ3n) is 2.73. The van der Waals surface area contributed by atoms with Crippen molar-refractivity contribution in [2.24, 2.45) is 5.73 Å². The fourth-order valence-corrected chi connectivity index (χ4v) is 1.99. The number of nitrogens with two attached hydrogens (primary N) is 1. The largest absolute Gasteiger partial charge is 0.389 e. The number of rotatable bonds is 3. The predicted octanol–water partition coefficient (Wildman–Crippen LogP) is 1.29. The van der Waals surface area contributed by atoms with Gasteiger partial charge in [-0.3, -0.25) is 0 Å². The van der Waals surface area contributed by atoms with E-state index in [2.05, 4.69) is 16.5 Å². The van der Waals surface area contributed by atoms with Gasteiger partial charge in [-0.05, 0) is 24.6 Å². The van der Waals surface area contributed by atoms with Gasteiger partial charge in [0.05, 0.1) is 18.9 Å². The minimum atomic E-state index is 0.417. The fraction of sp³-hybridized carbons (Fsp3) is 0.417. The smallest absolute Gasteiger partial charge is 0.106 e. The van der Waals surface area contributed by atoms with Gasteiger partial charge in [0.1, 0.15) is 4.99 Å². The number of anilines is 1. The van der Waals surface area contributed by atoms with Crippen LogP contribution in [-0.2, 0) is 4.74 Å². The number of morpholine rings is 1. The van der Waals surface area contributed by atoms with Crippen molar-refractivity contribution in [3.8, 4) is 0 Å². The molecule has 0 bridgehead atoms. The average Bonchev–Trinajstić information content (AvgIpc) is 2.30. The molecule has 17 heavy (non-hydrogen) atoms. The minimum absolute atomic E-state index is 0.417. The number of nitrogens with zero attached hydrogens (tertiary/aromatic N) is 1. The van der Waals surface area contributed by atoms with E-state index in [1.54, 1.807) is 0 Å². The molecule has 1 fully saturated rings. The summed E-state index contributed by atoms with van der Waals surface area (Å²) in [7, 11) is 0. The molecule has 5 heteroatoms. The summed E-state index contributed by atoms with van der Waals surface area (Å²) in [6.07, 6.45) is 0. The highest BCUT2D eigenvalue weighted by Crippen LogP contribution is 2.18. The van der Waals surface area contributed by atoms with Crippen LogP contribution in [-0.4, -0.2) is 36.3 Å². The number of ether oxygens (including phenoxy) is 1. The molecule has 1 aromatic rings. The van der Waals surface area contributed by atoms with Crippen LogP contribution in [0.15, 0.2) is 18.2 Å². The van der Waals surface area contributed by atoms with E-state index in [0.717, 1.165) is 37.6 Å². The van der Waals surface area contributed by atoms with Crippen LogP contribution in [0.1, 0.15) is 11.1 Å². The minimum Gasteiger partial charge on any atom is -0.389 e. The third-order valence-corrected chi connectivity index (χ3v) is 2.95. The van der Waals surface area contributed by atoms with Gasteiger partial charge in [-0.1, -0.05) is 18.3 Å². The van der Waals surface area contributed by atoms with Gasteiger partial charge in [0, 0.05) is 18.7 Å². The van der Waals surface area contributed by atoms with Gasteiger partial charge in [0.15, 0.2) is 0 Å². The van der Waals surface area contributed by atoms with Gasteiger partial charge in [-0.15, -0.1) is 0 Å². The predicted molar refractivity (Wildman–Crippen MR) is 73.1 cm³/mol. The van der Waals surface area contributed by atoms with Crippen LogP contribution in [0, 0.1) is 6.92 Å². The highest BCUT2D eigenvalue weighted by Gasteiger charge is 2.12. The summed E-state index contributed by atoms with van der Waals surface area (Å²) in [6, 6.07) is 6.03. The van der Waals surface area contributed by atoms with Crippen molar-refractivity contribution in [3.05, 3.63) is 29.3 Å². The van der Waals surface area contributed by atoms with Crippen LogP contribution in [0.5, 0.6) is 0 Å². The standard InChI is InChI=1S/C12H17N3OS/c1-9-2-3-10(12(13)17)11(8-9)14-15-4-6-16-7-5-15/h2-3,8,14H,4-7H2,1H3,(H2,13,17). The SMILES string of the molecule is Cc1ccc(C(N)=S)c(NN2CCOCC2)c1. The highest BCUT2D eigenvalue weighted by molar-refractivity contribution is 7.80. The number of aryl methyl sites for hydroxylation is 1. The molecule has 0 spiro atoms. The lowest BCUT2D eigenvalue weighted by Crippen LogP contribution is -2.40.